The van der Waals surface area contributed by atoms with Crippen molar-refractivity contribution < 1.29 is 5.11 Å². The quantitative estimate of drug-likeness (QED) is 0.450. The van der Waals surface area contributed by atoms with E-state index in [9.17, 15) is 5.11 Å². The van der Waals surface area contributed by atoms with E-state index in [4.69, 9.17) is 11.6 Å². The first-order valence-electron chi connectivity index (χ1n) is 4.78. The van der Waals surface area contributed by atoms with Gasteiger partial charge in [0.1, 0.15) is 0 Å². The molecule has 0 amide bonds. The molecule has 0 aromatic heterocycles. The van der Waals surface area contributed by atoms with Gasteiger partial charge in [0.05, 0.1) is 6.10 Å². The lowest BCUT2D eigenvalue weighted by Crippen LogP contribution is -2.31. The second-order valence-corrected chi connectivity index (χ2v) is 5.00. The third kappa shape index (κ3) is 0.742. The number of halogens is 1. The molecular weight excluding hydrogens is 172 g/mol. The van der Waals surface area contributed by atoms with Crippen LogP contribution < -0.4 is 0 Å². The van der Waals surface area contributed by atoms with Gasteiger partial charge in [-0.05, 0) is 36.5 Å². The number of alkyl halides is 1. The van der Waals surface area contributed by atoms with Crippen molar-refractivity contribution in [1.29, 1.82) is 0 Å². The summed E-state index contributed by atoms with van der Waals surface area (Å²) in [6.45, 7) is 0. The molecule has 12 heavy (non-hydrogen) atoms. The van der Waals surface area contributed by atoms with Crippen LogP contribution in [-0.4, -0.2) is 16.6 Å². The van der Waals surface area contributed by atoms with Crippen molar-refractivity contribution in [2.75, 3.05) is 0 Å². The summed E-state index contributed by atoms with van der Waals surface area (Å²) < 4.78 is 0. The molecule has 2 bridgehead atoms. The van der Waals surface area contributed by atoms with Gasteiger partial charge >= 0.3 is 0 Å². The Kier molecular flexibility index (Phi) is 1.40. The van der Waals surface area contributed by atoms with Crippen LogP contribution in [0, 0.1) is 23.7 Å². The highest BCUT2D eigenvalue weighted by atomic mass is 35.5. The fraction of sp³-hybridized carbons (Fsp3) is 0.800. The van der Waals surface area contributed by atoms with Crippen LogP contribution in [0.4, 0.5) is 0 Å². The summed E-state index contributed by atoms with van der Waals surface area (Å²) in [5.41, 5.74) is 0. The largest absolute Gasteiger partial charge is 0.389 e. The molecule has 3 aliphatic rings. The highest BCUT2D eigenvalue weighted by Gasteiger charge is 2.54. The molecule has 3 aliphatic carbocycles. The van der Waals surface area contributed by atoms with Crippen LogP contribution in [0.3, 0.4) is 0 Å². The minimum absolute atomic E-state index is 0.202. The number of aliphatic hydroxyl groups is 1. The number of fused-ring (bicyclic) bond motifs is 5. The molecule has 0 aromatic carbocycles. The van der Waals surface area contributed by atoms with Crippen molar-refractivity contribution in [3.05, 3.63) is 12.2 Å². The molecule has 2 heteroatoms. The summed E-state index contributed by atoms with van der Waals surface area (Å²) in [7, 11) is 0. The van der Waals surface area contributed by atoms with E-state index in [1.165, 1.54) is 12.8 Å². The Balaban J connectivity index is 1.94. The zero-order chi connectivity index (χ0) is 8.29. The number of hydrogen-bond donors (Lipinski definition) is 1. The molecule has 66 valence electrons. The monoisotopic (exact) mass is 184 g/mol. The zero-order valence-electron chi connectivity index (χ0n) is 6.86. The Morgan fingerprint density at radius 2 is 2.08 bits per heavy atom. The van der Waals surface area contributed by atoms with Gasteiger partial charge < -0.3 is 5.11 Å². The maximum atomic E-state index is 9.69. The number of rotatable bonds is 0. The van der Waals surface area contributed by atoms with Crippen molar-refractivity contribution in [2.24, 2.45) is 23.7 Å². The van der Waals surface area contributed by atoms with Crippen LogP contribution in [-0.2, 0) is 0 Å². The zero-order valence-corrected chi connectivity index (χ0v) is 7.61. The van der Waals surface area contributed by atoms with Crippen LogP contribution in [0.25, 0.3) is 0 Å². The predicted molar refractivity (Wildman–Crippen MR) is 48.0 cm³/mol. The van der Waals surface area contributed by atoms with E-state index in [1.54, 1.807) is 0 Å². The number of hydrogen-bond acceptors (Lipinski definition) is 1. The van der Waals surface area contributed by atoms with Gasteiger partial charge in [0.2, 0.25) is 0 Å². The van der Waals surface area contributed by atoms with E-state index in [1.807, 2.05) is 6.08 Å². The van der Waals surface area contributed by atoms with Crippen LogP contribution in [0.2, 0.25) is 0 Å². The molecule has 2 saturated carbocycles. The van der Waals surface area contributed by atoms with E-state index in [0.29, 0.717) is 23.1 Å². The molecule has 3 rings (SSSR count). The standard InChI is InChI=1S/C10H13ClO/c11-8-4-5-3-7(8)10-6(5)1-2-9(10)12/h1-2,5-10,12H,3-4H2. The molecule has 0 saturated heterocycles. The van der Waals surface area contributed by atoms with Crippen molar-refractivity contribution in [2.45, 2.75) is 24.3 Å². The van der Waals surface area contributed by atoms with Crippen molar-refractivity contribution >= 4 is 11.6 Å². The number of allylic oxidation sites excluding steroid dienone is 1. The maximum Gasteiger partial charge on any atom is 0.0758 e. The van der Waals surface area contributed by atoms with Crippen molar-refractivity contribution in [3.63, 3.8) is 0 Å². The minimum Gasteiger partial charge on any atom is -0.389 e. The molecule has 0 radical (unpaired) electrons. The van der Waals surface area contributed by atoms with Gasteiger partial charge in [0.25, 0.3) is 0 Å². The van der Waals surface area contributed by atoms with E-state index in [-0.39, 0.29) is 6.10 Å². The Bertz CT molecular complexity index is 238. The smallest absolute Gasteiger partial charge is 0.0758 e. The average molecular weight is 185 g/mol. The van der Waals surface area contributed by atoms with Gasteiger partial charge in [0.15, 0.2) is 0 Å². The normalized spacial score (nSPS) is 61.2. The van der Waals surface area contributed by atoms with Gasteiger partial charge in [-0.1, -0.05) is 12.2 Å². The predicted octanol–water partition coefficient (Wildman–Crippen LogP) is 1.80. The molecule has 0 spiro atoms. The fourth-order valence-electron chi connectivity index (χ4n) is 3.51. The van der Waals surface area contributed by atoms with Gasteiger partial charge in [-0.3, -0.25) is 0 Å². The Morgan fingerprint density at radius 1 is 1.25 bits per heavy atom. The number of aliphatic hydroxyl groups excluding tert-OH is 1. The van der Waals surface area contributed by atoms with E-state index in [0.717, 1.165) is 5.92 Å². The van der Waals surface area contributed by atoms with Crippen molar-refractivity contribution in [1.82, 2.24) is 0 Å². The first-order valence-corrected chi connectivity index (χ1v) is 5.21. The topological polar surface area (TPSA) is 20.2 Å². The van der Waals surface area contributed by atoms with Crippen LogP contribution >= 0.6 is 11.6 Å². The molecule has 2 fully saturated rings. The van der Waals surface area contributed by atoms with Crippen LogP contribution in [0.1, 0.15) is 12.8 Å². The Labute approximate surface area is 77.4 Å². The van der Waals surface area contributed by atoms with Gasteiger partial charge in [-0.25, -0.2) is 0 Å². The third-order valence-electron chi connectivity index (χ3n) is 3.98. The molecule has 1 N–H and O–H groups in total. The average Bonchev–Trinajstić information content (AvgIpc) is 2.62. The minimum atomic E-state index is -0.202. The first kappa shape index (κ1) is 7.40. The molecule has 0 aliphatic heterocycles. The van der Waals surface area contributed by atoms with Gasteiger partial charge in [-0.15, -0.1) is 11.6 Å². The second-order valence-electron chi connectivity index (χ2n) is 4.44. The molecule has 1 nitrogen and oxygen atoms in total. The summed E-state index contributed by atoms with van der Waals surface area (Å²) in [4.78, 5) is 0. The summed E-state index contributed by atoms with van der Waals surface area (Å²) >= 11 is 6.20. The SMILES string of the molecule is OC1C=CC2C3CC(Cl)C(C3)C12. The van der Waals surface area contributed by atoms with E-state index >= 15 is 0 Å². The summed E-state index contributed by atoms with van der Waals surface area (Å²) in [5, 5.41) is 10.0. The van der Waals surface area contributed by atoms with Crippen LogP contribution in [0.5, 0.6) is 0 Å². The second kappa shape index (κ2) is 2.27. The summed E-state index contributed by atoms with van der Waals surface area (Å²) in [5.74, 6) is 2.48. The van der Waals surface area contributed by atoms with Gasteiger partial charge in [0, 0.05) is 5.38 Å². The summed E-state index contributed by atoms with van der Waals surface area (Å²) in [6, 6.07) is 0. The first-order chi connectivity index (χ1) is 5.77. The lowest BCUT2D eigenvalue weighted by atomic mass is 9.80. The lowest BCUT2D eigenvalue weighted by Gasteiger charge is -2.29. The van der Waals surface area contributed by atoms with E-state index in [2.05, 4.69) is 6.08 Å². The van der Waals surface area contributed by atoms with Crippen LogP contribution in [0.15, 0.2) is 12.2 Å². The third-order valence-corrected chi connectivity index (χ3v) is 4.48. The van der Waals surface area contributed by atoms with Crippen molar-refractivity contribution in [3.8, 4) is 0 Å². The molecule has 6 atom stereocenters. The molecule has 0 heterocycles. The summed E-state index contributed by atoms with van der Waals surface area (Å²) in [6.07, 6.45) is 6.40. The maximum absolute atomic E-state index is 9.69. The molecule has 0 aromatic rings. The lowest BCUT2D eigenvalue weighted by molar-refractivity contribution is 0.107. The molecule has 6 unspecified atom stereocenters. The highest BCUT2D eigenvalue weighted by molar-refractivity contribution is 6.21. The fourth-order valence-corrected chi connectivity index (χ4v) is 4.01. The molecular formula is C10H13ClO. The van der Waals surface area contributed by atoms with Gasteiger partial charge in [-0.2, -0.15) is 0 Å². The Morgan fingerprint density at radius 3 is 2.92 bits per heavy atom. The Hall–Kier alpha value is -0.0100. The van der Waals surface area contributed by atoms with E-state index < -0.39 is 0 Å². The highest BCUT2D eigenvalue weighted by Crippen LogP contribution is 2.57.